The van der Waals surface area contributed by atoms with Crippen molar-refractivity contribution in [1.29, 1.82) is 0 Å². The van der Waals surface area contributed by atoms with Crippen LogP contribution in [0.3, 0.4) is 0 Å². The molecule has 100 valence electrons. The lowest BCUT2D eigenvalue weighted by Gasteiger charge is -2.17. The van der Waals surface area contributed by atoms with Crippen molar-refractivity contribution >= 4 is 5.69 Å². The van der Waals surface area contributed by atoms with E-state index >= 15 is 0 Å². The van der Waals surface area contributed by atoms with Crippen molar-refractivity contribution in [3.05, 3.63) is 23.8 Å². The maximum Gasteiger partial charge on any atom is 0.119 e. The van der Waals surface area contributed by atoms with E-state index in [0.717, 1.165) is 31.9 Å². The van der Waals surface area contributed by atoms with Crippen LogP contribution in [0.5, 0.6) is 5.75 Å². The Morgan fingerprint density at radius 1 is 1.39 bits per heavy atom. The Hall–Kier alpha value is -1.22. The molecule has 1 aliphatic heterocycles. The number of hydrogen-bond donors (Lipinski definition) is 1. The van der Waals surface area contributed by atoms with Gasteiger partial charge in [0.1, 0.15) is 5.75 Å². The number of nitrogens with one attached hydrogen (secondary N) is 1. The lowest BCUT2D eigenvalue weighted by atomic mass is 9.97. The molecule has 2 rings (SSSR count). The van der Waals surface area contributed by atoms with E-state index in [9.17, 15) is 0 Å². The molecule has 0 radical (unpaired) electrons. The largest absolute Gasteiger partial charge is 0.497 e. The summed E-state index contributed by atoms with van der Waals surface area (Å²) in [7, 11) is 1.74. The Labute approximate surface area is 110 Å². The lowest BCUT2D eigenvalue weighted by molar-refractivity contribution is 0.414. The molecule has 0 amide bonds. The zero-order valence-electron chi connectivity index (χ0n) is 11.7. The normalized spacial score (nSPS) is 17.9. The van der Waals surface area contributed by atoms with E-state index in [4.69, 9.17) is 4.74 Å². The van der Waals surface area contributed by atoms with E-state index in [-0.39, 0.29) is 0 Å². The van der Waals surface area contributed by atoms with E-state index in [1.807, 2.05) is 0 Å². The van der Waals surface area contributed by atoms with Crippen molar-refractivity contribution in [3.8, 4) is 5.75 Å². The van der Waals surface area contributed by atoms with Gasteiger partial charge in [0.2, 0.25) is 0 Å². The average molecular weight is 248 g/mol. The first-order valence-corrected chi connectivity index (χ1v) is 6.93. The van der Waals surface area contributed by atoms with Crippen molar-refractivity contribution in [2.45, 2.75) is 26.2 Å². The molecule has 0 saturated heterocycles. The summed E-state index contributed by atoms with van der Waals surface area (Å²) in [6, 6.07) is 6.47. The smallest absolute Gasteiger partial charge is 0.119 e. The van der Waals surface area contributed by atoms with Gasteiger partial charge in [0.25, 0.3) is 0 Å². The summed E-state index contributed by atoms with van der Waals surface area (Å²) in [5.41, 5.74) is 2.84. The topological polar surface area (TPSA) is 24.5 Å². The van der Waals surface area contributed by atoms with Gasteiger partial charge < -0.3 is 15.0 Å². The van der Waals surface area contributed by atoms with Gasteiger partial charge in [0.15, 0.2) is 0 Å². The molecule has 0 spiro atoms. The molecule has 1 N–H and O–H groups in total. The Bertz CT molecular complexity index is 392. The fraction of sp³-hybridized carbons (Fsp3) is 0.600. The summed E-state index contributed by atoms with van der Waals surface area (Å²) >= 11 is 0. The van der Waals surface area contributed by atoms with Crippen LogP contribution in [0, 0.1) is 0 Å². The molecule has 18 heavy (non-hydrogen) atoms. The first-order chi connectivity index (χ1) is 8.80. The molecule has 3 heteroatoms. The maximum atomic E-state index is 5.35. The monoisotopic (exact) mass is 248 g/mol. The third kappa shape index (κ3) is 2.61. The van der Waals surface area contributed by atoms with Crippen LogP contribution in [0.2, 0.25) is 0 Å². The Morgan fingerprint density at radius 2 is 2.22 bits per heavy atom. The average Bonchev–Trinajstić information content (AvgIpc) is 2.76. The third-order valence-corrected chi connectivity index (χ3v) is 3.76. The van der Waals surface area contributed by atoms with Crippen molar-refractivity contribution in [1.82, 2.24) is 5.32 Å². The minimum absolute atomic E-state index is 0.633. The predicted octanol–water partition coefficient (Wildman–Crippen LogP) is 2.62. The summed E-state index contributed by atoms with van der Waals surface area (Å²) in [6.45, 7) is 8.75. The van der Waals surface area contributed by atoms with Crippen molar-refractivity contribution in [2.24, 2.45) is 0 Å². The van der Waals surface area contributed by atoms with Gasteiger partial charge in [-0.25, -0.2) is 0 Å². The van der Waals surface area contributed by atoms with Crippen molar-refractivity contribution in [2.75, 3.05) is 38.2 Å². The summed E-state index contributed by atoms with van der Waals surface area (Å²) in [5, 5.41) is 3.42. The molecule has 0 bridgehead atoms. The van der Waals surface area contributed by atoms with Gasteiger partial charge >= 0.3 is 0 Å². The molecule has 0 aromatic heterocycles. The molecule has 1 aromatic rings. The highest BCUT2D eigenvalue weighted by Gasteiger charge is 2.27. The number of rotatable bonds is 6. The van der Waals surface area contributed by atoms with Gasteiger partial charge in [-0.05, 0) is 50.2 Å². The second kappa shape index (κ2) is 6.10. The fourth-order valence-electron chi connectivity index (χ4n) is 2.74. The highest BCUT2D eigenvalue weighted by molar-refractivity contribution is 5.62. The zero-order valence-corrected chi connectivity index (χ0v) is 11.7. The molecule has 1 aliphatic rings. The van der Waals surface area contributed by atoms with Gasteiger partial charge in [-0.3, -0.25) is 0 Å². The van der Waals surface area contributed by atoms with E-state index in [1.165, 1.54) is 17.7 Å². The second-order valence-corrected chi connectivity index (χ2v) is 4.80. The predicted molar refractivity (Wildman–Crippen MR) is 76.8 cm³/mol. The second-order valence-electron chi connectivity index (χ2n) is 4.80. The number of fused-ring (bicyclic) bond motifs is 1. The number of hydrogen-bond acceptors (Lipinski definition) is 3. The molecule has 1 aromatic carbocycles. The highest BCUT2D eigenvalue weighted by Crippen LogP contribution is 2.39. The van der Waals surface area contributed by atoms with Crippen LogP contribution in [0.25, 0.3) is 0 Å². The molecule has 0 fully saturated rings. The number of likely N-dealkylation sites (N-methyl/N-ethyl adjacent to an activating group) is 1. The van der Waals surface area contributed by atoms with Crippen LogP contribution in [0.1, 0.15) is 31.7 Å². The van der Waals surface area contributed by atoms with E-state index < -0.39 is 0 Å². The number of methoxy groups -OCH3 is 1. The first kappa shape index (κ1) is 13.2. The number of benzene rings is 1. The van der Waals surface area contributed by atoms with Gasteiger partial charge in [-0.2, -0.15) is 0 Å². The van der Waals surface area contributed by atoms with Crippen LogP contribution in [0.4, 0.5) is 5.69 Å². The number of anilines is 1. The molecule has 1 atom stereocenters. The molecule has 3 nitrogen and oxygen atoms in total. The van der Waals surface area contributed by atoms with Gasteiger partial charge in [0.05, 0.1) is 7.11 Å². The zero-order chi connectivity index (χ0) is 13.0. The Balaban J connectivity index is 2.16. The van der Waals surface area contributed by atoms with Crippen molar-refractivity contribution in [3.63, 3.8) is 0 Å². The minimum Gasteiger partial charge on any atom is -0.497 e. The molecule has 0 saturated carbocycles. The van der Waals surface area contributed by atoms with Crippen LogP contribution >= 0.6 is 0 Å². The maximum absolute atomic E-state index is 5.35. The molecule has 1 unspecified atom stereocenters. The fourth-order valence-corrected chi connectivity index (χ4v) is 2.74. The quantitative estimate of drug-likeness (QED) is 0.783. The van der Waals surface area contributed by atoms with Crippen LogP contribution in [-0.2, 0) is 0 Å². The molecule has 1 heterocycles. The summed E-state index contributed by atoms with van der Waals surface area (Å²) in [4.78, 5) is 2.46. The third-order valence-electron chi connectivity index (χ3n) is 3.76. The standard InChI is InChI=1S/C15H24N2O/c1-4-16-9-8-12-11-17(5-2)15-7-6-13(18-3)10-14(12)15/h6-7,10,12,16H,4-5,8-9,11H2,1-3H3. The summed E-state index contributed by atoms with van der Waals surface area (Å²) in [5.74, 6) is 1.61. The van der Waals surface area contributed by atoms with E-state index in [1.54, 1.807) is 7.11 Å². The highest BCUT2D eigenvalue weighted by atomic mass is 16.5. The minimum atomic E-state index is 0.633. The number of ether oxygens (including phenoxy) is 1. The number of nitrogens with zero attached hydrogens (tertiary/aromatic N) is 1. The summed E-state index contributed by atoms with van der Waals surface area (Å²) < 4.78 is 5.35. The van der Waals surface area contributed by atoms with Crippen molar-refractivity contribution < 1.29 is 4.74 Å². The summed E-state index contributed by atoms with van der Waals surface area (Å²) in [6.07, 6.45) is 1.20. The first-order valence-electron chi connectivity index (χ1n) is 6.93. The van der Waals surface area contributed by atoms with Crippen LogP contribution in [0.15, 0.2) is 18.2 Å². The lowest BCUT2D eigenvalue weighted by Crippen LogP contribution is -2.23. The van der Waals surface area contributed by atoms with Gasteiger partial charge in [-0.15, -0.1) is 0 Å². The molecule has 0 aliphatic carbocycles. The van der Waals surface area contributed by atoms with E-state index in [0.29, 0.717) is 5.92 Å². The van der Waals surface area contributed by atoms with E-state index in [2.05, 4.69) is 42.3 Å². The Morgan fingerprint density at radius 3 is 2.89 bits per heavy atom. The SMILES string of the molecule is CCNCCC1CN(CC)c2ccc(OC)cc21. The van der Waals surface area contributed by atoms with Gasteiger partial charge in [-0.1, -0.05) is 6.92 Å². The molecular weight excluding hydrogens is 224 g/mol. The van der Waals surface area contributed by atoms with Crippen LogP contribution in [-0.4, -0.2) is 33.3 Å². The van der Waals surface area contributed by atoms with Gasteiger partial charge in [0, 0.05) is 24.7 Å². The van der Waals surface area contributed by atoms with Crippen LogP contribution < -0.4 is 15.0 Å². The molecular formula is C15H24N2O. The Kier molecular flexibility index (Phi) is 4.48.